The number of esters is 1. The van der Waals surface area contributed by atoms with Gasteiger partial charge in [-0.3, -0.25) is 9.69 Å². The van der Waals surface area contributed by atoms with Gasteiger partial charge in [-0.2, -0.15) is 0 Å². The van der Waals surface area contributed by atoms with Gasteiger partial charge < -0.3 is 9.47 Å². The molecule has 1 aromatic carbocycles. The number of carbonyl (C=O) groups is 2. The fourth-order valence-corrected chi connectivity index (χ4v) is 3.82. The van der Waals surface area contributed by atoms with Gasteiger partial charge in [-0.25, -0.2) is 9.78 Å². The third-order valence-electron chi connectivity index (χ3n) is 4.21. The molecule has 6 nitrogen and oxygen atoms in total. The fourth-order valence-electron chi connectivity index (χ4n) is 2.98. The lowest BCUT2D eigenvalue weighted by molar-refractivity contribution is -0.143. The van der Waals surface area contributed by atoms with Crippen LogP contribution < -0.4 is 9.64 Å². The summed E-state index contributed by atoms with van der Waals surface area (Å²) < 4.78 is 10.5. The van der Waals surface area contributed by atoms with E-state index >= 15 is 0 Å². The van der Waals surface area contributed by atoms with Crippen LogP contribution in [0.15, 0.2) is 18.2 Å². The molecule has 132 valence electrons. The molecule has 0 saturated heterocycles. The predicted molar refractivity (Wildman–Crippen MR) is 96.1 cm³/mol. The summed E-state index contributed by atoms with van der Waals surface area (Å²) in [6, 6.07) is 4.85. The van der Waals surface area contributed by atoms with Crippen LogP contribution in [0.1, 0.15) is 23.7 Å². The summed E-state index contributed by atoms with van der Waals surface area (Å²) in [4.78, 5) is 31.8. The highest BCUT2D eigenvalue weighted by atomic mass is 32.1. The van der Waals surface area contributed by atoms with Crippen molar-refractivity contribution < 1.29 is 19.1 Å². The van der Waals surface area contributed by atoms with Gasteiger partial charge in [0.15, 0.2) is 6.10 Å². The number of fused-ring (bicyclic) bond motifs is 1. The van der Waals surface area contributed by atoms with E-state index < -0.39 is 18.1 Å². The highest BCUT2D eigenvalue weighted by Crippen LogP contribution is 2.39. The van der Waals surface area contributed by atoms with Crippen LogP contribution in [0, 0.1) is 13.8 Å². The van der Waals surface area contributed by atoms with Crippen molar-refractivity contribution in [3.63, 3.8) is 0 Å². The summed E-state index contributed by atoms with van der Waals surface area (Å²) in [5.74, 6) is -0.176. The van der Waals surface area contributed by atoms with Gasteiger partial charge in [-0.05, 0) is 45.9 Å². The zero-order chi connectivity index (χ0) is 18.3. The maximum absolute atomic E-state index is 12.6. The molecule has 7 heteroatoms. The van der Waals surface area contributed by atoms with E-state index in [-0.39, 0.29) is 5.91 Å². The van der Waals surface area contributed by atoms with Crippen LogP contribution in [-0.4, -0.2) is 36.1 Å². The van der Waals surface area contributed by atoms with Crippen LogP contribution in [-0.2, 0) is 14.3 Å². The number of rotatable bonds is 3. The third kappa shape index (κ3) is 3.00. The average molecular weight is 360 g/mol. The third-order valence-corrected chi connectivity index (χ3v) is 5.10. The maximum atomic E-state index is 12.6. The van der Waals surface area contributed by atoms with Crippen molar-refractivity contribution in [2.75, 3.05) is 12.0 Å². The Morgan fingerprint density at radius 1 is 1.40 bits per heavy atom. The molecule has 0 bridgehead atoms. The number of nitrogens with zero attached hydrogens (tertiary/aromatic N) is 2. The molecule has 0 aliphatic carbocycles. The second-order valence-corrected chi connectivity index (χ2v) is 7.39. The number of amides is 1. The molecule has 1 amide bonds. The normalized spacial score (nSPS) is 17.7. The molecule has 1 aliphatic heterocycles. The first kappa shape index (κ1) is 17.4. The molecule has 0 spiro atoms. The van der Waals surface area contributed by atoms with E-state index in [0.717, 1.165) is 21.1 Å². The largest absolute Gasteiger partial charge is 0.479 e. The lowest BCUT2D eigenvalue weighted by Gasteiger charge is -2.35. The highest BCUT2D eigenvalue weighted by molar-refractivity contribution is 7.11. The molecule has 2 unspecified atom stereocenters. The molecular weight excluding hydrogens is 340 g/mol. The molecule has 0 N–H and O–H groups in total. The zero-order valence-electron chi connectivity index (χ0n) is 14.8. The van der Waals surface area contributed by atoms with Gasteiger partial charge >= 0.3 is 5.97 Å². The molecular formula is C18H20N2O4S. The number of ether oxygens (including phenoxy) is 2. The summed E-state index contributed by atoms with van der Waals surface area (Å²) in [5.41, 5.74) is 2.32. The quantitative estimate of drug-likeness (QED) is 0.787. The summed E-state index contributed by atoms with van der Waals surface area (Å²) in [5, 5.41) is 0.978. The summed E-state index contributed by atoms with van der Waals surface area (Å²) in [6.07, 6.45) is -0.659. The van der Waals surface area contributed by atoms with E-state index in [1.807, 2.05) is 32.0 Å². The molecule has 2 heterocycles. The van der Waals surface area contributed by atoms with Crippen molar-refractivity contribution in [1.29, 1.82) is 0 Å². The SMILES string of the molecule is COC(=O)C(C)N1C(=O)C(C)Oc2ccc(-c3nc(C)sc3C)cc21. The summed E-state index contributed by atoms with van der Waals surface area (Å²) in [7, 11) is 1.31. The number of hydrogen-bond acceptors (Lipinski definition) is 6. The Morgan fingerprint density at radius 2 is 2.12 bits per heavy atom. The first-order chi connectivity index (χ1) is 11.8. The fraction of sp³-hybridized carbons (Fsp3) is 0.389. The number of benzene rings is 1. The molecule has 1 aromatic heterocycles. The molecule has 2 aromatic rings. The first-order valence-electron chi connectivity index (χ1n) is 7.99. The van der Waals surface area contributed by atoms with Crippen LogP contribution in [0.5, 0.6) is 5.75 Å². The van der Waals surface area contributed by atoms with Crippen LogP contribution in [0.2, 0.25) is 0 Å². The Kier molecular flexibility index (Phi) is 4.51. The van der Waals surface area contributed by atoms with Gasteiger partial charge in [0, 0.05) is 10.4 Å². The van der Waals surface area contributed by atoms with Gasteiger partial charge in [-0.15, -0.1) is 11.3 Å². The first-order valence-corrected chi connectivity index (χ1v) is 8.81. The number of methoxy groups -OCH3 is 1. The zero-order valence-corrected chi connectivity index (χ0v) is 15.6. The number of carbonyl (C=O) groups excluding carboxylic acids is 2. The van der Waals surface area contributed by atoms with Crippen molar-refractivity contribution in [2.24, 2.45) is 0 Å². The van der Waals surface area contributed by atoms with Crippen molar-refractivity contribution in [1.82, 2.24) is 4.98 Å². The van der Waals surface area contributed by atoms with Crippen LogP contribution >= 0.6 is 11.3 Å². The Bertz CT molecular complexity index is 846. The smallest absolute Gasteiger partial charge is 0.328 e. The number of thiazole rings is 1. The van der Waals surface area contributed by atoms with Gasteiger partial charge in [0.1, 0.15) is 11.8 Å². The second-order valence-electron chi connectivity index (χ2n) is 5.99. The molecule has 0 radical (unpaired) electrons. The standard InChI is InChI=1S/C18H20N2O4S/c1-9(18(22)23-5)20-14-8-13(16-11(3)25-12(4)19-16)6-7-15(14)24-10(2)17(20)21/h6-10H,1-5H3. The van der Waals surface area contributed by atoms with E-state index in [9.17, 15) is 9.59 Å². The molecule has 3 rings (SSSR count). The van der Waals surface area contributed by atoms with E-state index in [1.54, 1.807) is 25.2 Å². The van der Waals surface area contributed by atoms with Gasteiger partial charge in [0.2, 0.25) is 0 Å². The minimum absolute atomic E-state index is 0.270. The number of hydrogen-bond donors (Lipinski definition) is 0. The Labute approximate surface area is 150 Å². The molecule has 2 atom stereocenters. The van der Waals surface area contributed by atoms with Gasteiger partial charge in [0.05, 0.1) is 23.5 Å². The van der Waals surface area contributed by atoms with Gasteiger partial charge in [-0.1, -0.05) is 0 Å². The topological polar surface area (TPSA) is 68.7 Å². The van der Waals surface area contributed by atoms with E-state index in [0.29, 0.717) is 11.4 Å². The molecule has 1 aliphatic rings. The Morgan fingerprint density at radius 3 is 2.72 bits per heavy atom. The summed E-state index contributed by atoms with van der Waals surface area (Å²) in [6.45, 7) is 7.29. The van der Waals surface area contributed by atoms with Crippen LogP contribution in [0.3, 0.4) is 0 Å². The minimum Gasteiger partial charge on any atom is -0.479 e. The predicted octanol–water partition coefficient (Wildman–Crippen LogP) is 3.10. The number of aryl methyl sites for hydroxylation is 2. The second kappa shape index (κ2) is 6.48. The molecule has 25 heavy (non-hydrogen) atoms. The van der Waals surface area contributed by atoms with Crippen LogP contribution in [0.4, 0.5) is 5.69 Å². The van der Waals surface area contributed by atoms with Crippen molar-refractivity contribution in [2.45, 2.75) is 39.8 Å². The van der Waals surface area contributed by atoms with Crippen molar-refractivity contribution in [3.8, 4) is 17.0 Å². The van der Waals surface area contributed by atoms with E-state index in [4.69, 9.17) is 9.47 Å². The lowest BCUT2D eigenvalue weighted by atomic mass is 10.1. The van der Waals surface area contributed by atoms with Crippen molar-refractivity contribution in [3.05, 3.63) is 28.1 Å². The molecule has 0 fully saturated rings. The number of aromatic nitrogens is 1. The van der Waals surface area contributed by atoms with E-state index in [1.165, 1.54) is 12.0 Å². The highest BCUT2D eigenvalue weighted by Gasteiger charge is 2.37. The average Bonchev–Trinajstić information content (AvgIpc) is 2.92. The van der Waals surface area contributed by atoms with Gasteiger partial charge in [0.25, 0.3) is 5.91 Å². The monoisotopic (exact) mass is 360 g/mol. The van der Waals surface area contributed by atoms with Crippen LogP contribution in [0.25, 0.3) is 11.3 Å². The Balaban J connectivity index is 2.12. The maximum Gasteiger partial charge on any atom is 0.328 e. The minimum atomic E-state index is -0.740. The number of anilines is 1. The lowest BCUT2D eigenvalue weighted by Crippen LogP contribution is -2.51. The van der Waals surface area contributed by atoms with E-state index in [2.05, 4.69) is 4.98 Å². The summed E-state index contributed by atoms with van der Waals surface area (Å²) >= 11 is 1.62. The van der Waals surface area contributed by atoms with Crippen molar-refractivity contribution >= 4 is 28.9 Å². The Hall–Kier alpha value is -2.41. The molecule has 0 saturated carbocycles.